The van der Waals surface area contributed by atoms with Crippen molar-refractivity contribution in [1.82, 2.24) is 15.0 Å². The van der Waals surface area contributed by atoms with Crippen molar-refractivity contribution < 1.29 is 8.42 Å². The molecule has 1 atom stereocenters. The lowest BCUT2D eigenvalue weighted by atomic mass is 10.4. The van der Waals surface area contributed by atoms with Crippen molar-refractivity contribution in [1.29, 1.82) is 0 Å². The Morgan fingerprint density at radius 1 is 1.25 bits per heavy atom. The van der Waals surface area contributed by atoms with E-state index in [0.717, 1.165) is 13.1 Å². The van der Waals surface area contributed by atoms with E-state index in [2.05, 4.69) is 20.3 Å². The van der Waals surface area contributed by atoms with Crippen LogP contribution in [0.1, 0.15) is 20.8 Å². The molecule has 1 aromatic heterocycles. The second-order valence-electron chi connectivity index (χ2n) is 4.63. The van der Waals surface area contributed by atoms with E-state index in [0.29, 0.717) is 5.95 Å². The number of anilines is 3. The lowest BCUT2D eigenvalue weighted by Crippen LogP contribution is -2.28. The average molecular weight is 302 g/mol. The van der Waals surface area contributed by atoms with Crippen LogP contribution in [0.15, 0.2) is 0 Å². The van der Waals surface area contributed by atoms with Crippen LogP contribution in [0.25, 0.3) is 0 Å². The van der Waals surface area contributed by atoms with Gasteiger partial charge in [-0.2, -0.15) is 15.0 Å². The van der Waals surface area contributed by atoms with Crippen LogP contribution in [0.5, 0.6) is 0 Å². The molecular weight excluding hydrogens is 280 g/mol. The van der Waals surface area contributed by atoms with E-state index in [1.54, 1.807) is 6.92 Å². The summed E-state index contributed by atoms with van der Waals surface area (Å²) in [5.74, 6) is 0.877. The standard InChI is InChI=1S/C11H22N6O2S/c1-5-17(6-2)11-15-9(12)14-10(16-11)13-8(3)7-20(4,18)19/h8H,5-7H2,1-4H3,(H3,12,13,14,15,16). The first-order valence-electron chi connectivity index (χ1n) is 6.46. The lowest BCUT2D eigenvalue weighted by molar-refractivity contribution is 0.597. The number of nitrogens with one attached hydrogen (secondary N) is 1. The summed E-state index contributed by atoms with van der Waals surface area (Å²) in [5, 5.41) is 2.93. The zero-order chi connectivity index (χ0) is 15.3. The molecule has 0 saturated carbocycles. The summed E-state index contributed by atoms with van der Waals surface area (Å²) >= 11 is 0. The van der Waals surface area contributed by atoms with Gasteiger partial charge in [-0.15, -0.1) is 0 Å². The van der Waals surface area contributed by atoms with Gasteiger partial charge in [-0.1, -0.05) is 0 Å². The zero-order valence-corrected chi connectivity index (χ0v) is 13.1. The maximum absolute atomic E-state index is 11.2. The van der Waals surface area contributed by atoms with Crippen LogP contribution in [0.3, 0.4) is 0 Å². The predicted molar refractivity (Wildman–Crippen MR) is 80.6 cm³/mol. The van der Waals surface area contributed by atoms with Crippen LogP contribution in [0.2, 0.25) is 0 Å². The quantitative estimate of drug-likeness (QED) is 0.731. The summed E-state index contributed by atoms with van der Waals surface area (Å²) in [6.45, 7) is 7.22. The van der Waals surface area contributed by atoms with Crippen LogP contribution in [-0.2, 0) is 9.84 Å². The Balaban J connectivity index is 2.90. The number of hydrogen-bond acceptors (Lipinski definition) is 8. The number of aromatic nitrogens is 3. The minimum absolute atomic E-state index is 0.000803. The number of sulfone groups is 1. The molecule has 3 N–H and O–H groups in total. The number of nitrogens with zero attached hydrogens (tertiary/aromatic N) is 4. The molecule has 0 aromatic carbocycles. The second-order valence-corrected chi connectivity index (χ2v) is 6.81. The highest BCUT2D eigenvalue weighted by molar-refractivity contribution is 7.90. The van der Waals surface area contributed by atoms with Crippen molar-refractivity contribution in [2.75, 3.05) is 41.0 Å². The second kappa shape index (κ2) is 6.69. The molecule has 0 aliphatic carbocycles. The minimum atomic E-state index is -3.06. The van der Waals surface area contributed by atoms with E-state index in [9.17, 15) is 8.42 Å². The zero-order valence-electron chi connectivity index (χ0n) is 12.3. The third kappa shape index (κ3) is 5.16. The predicted octanol–water partition coefficient (Wildman–Crippen LogP) is 0.145. The van der Waals surface area contributed by atoms with Crippen molar-refractivity contribution >= 4 is 27.7 Å². The van der Waals surface area contributed by atoms with Crippen LogP contribution < -0.4 is 16.0 Å². The maximum Gasteiger partial charge on any atom is 0.231 e. The lowest BCUT2D eigenvalue weighted by Gasteiger charge is -2.20. The molecule has 0 spiro atoms. The van der Waals surface area contributed by atoms with Gasteiger partial charge in [-0.05, 0) is 20.8 Å². The van der Waals surface area contributed by atoms with Crippen LogP contribution in [0.4, 0.5) is 17.8 Å². The van der Waals surface area contributed by atoms with E-state index < -0.39 is 9.84 Å². The van der Waals surface area contributed by atoms with Gasteiger partial charge in [0, 0.05) is 25.4 Å². The monoisotopic (exact) mass is 302 g/mol. The summed E-state index contributed by atoms with van der Waals surface area (Å²) in [6.07, 6.45) is 1.19. The fraction of sp³-hybridized carbons (Fsp3) is 0.727. The summed E-state index contributed by atoms with van der Waals surface area (Å²) in [4.78, 5) is 14.3. The van der Waals surface area contributed by atoms with E-state index in [1.807, 2.05) is 18.7 Å². The Kier molecular flexibility index (Phi) is 5.49. The minimum Gasteiger partial charge on any atom is -0.368 e. The summed E-state index contributed by atoms with van der Waals surface area (Å²) in [5.41, 5.74) is 5.66. The van der Waals surface area contributed by atoms with Gasteiger partial charge in [0.15, 0.2) is 0 Å². The summed E-state index contributed by atoms with van der Waals surface area (Å²) < 4.78 is 22.5. The van der Waals surface area contributed by atoms with Crippen LogP contribution in [-0.4, -0.2) is 54.5 Å². The highest BCUT2D eigenvalue weighted by atomic mass is 32.2. The normalized spacial score (nSPS) is 13.0. The topological polar surface area (TPSA) is 114 Å². The molecular formula is C11H22N6O2S. The van der Waals surface area contributed by atoms with E-state index >= 15 is 0 Å². The highest BCUT2D eigenvalue weighted by Gasteiger charge is 2.14. The first-order chi connectivity index (χ1) is 9.25. The third-order valence-electron chi connectivity index (χ3n) is 2.62. The smallest absolute Gasteiger partial charge is 0.231 e. The van der Waals surface area contributed by atoms with E-state index in [-0.39, 0.29) is 23.7 Å². The van der Waals surface area contributed by atoms with Gasteiger partial charge in [-0.3, -0.25) is 0 Å². The molecule has 0 aliphatic heterocycles. The molecule has 0 fully saturated rings. The Morgan fingerprint density at radius 3 is 2.35 bits per heavy atom. The molecule has 0 aliphatic rings. The fourth-order valence-corrected chi connectivity index (χ4v) is 2.80. The van der Waals surface area contributed by atoms with Crippen molar-refractivity contribution in [3.8, 4) is 0 Å². The van der Waals surface area contributed by atoms with Gasteiger partial charge in [0.25, 0.3) is 0 Å². The molecule has 0 radical (unpaired) electrons. The number of rotatable bonds is 7. The molecule has 114 valence electrons. The van der Waals surface area contributed by atoms with Crippen molar-refractivity contribution in [2.24, 2.45) is 0 Å². The van der Waals surface area contributed by atoms with Crippen molar-refractivity contribution in [2.45, 2.75) is 26.8 Å². The van der Waals surface area contributed by atoms with Gasteiger partial charge < -0.3 is 16.0 Å². The van der Waals surface area contributed by atoms with Gasteiger partial charge in [0.05, 0.1) is 5.75 Å². The molecule has 0 amide bonds. The SMILES string of the molecule is CCN(CC)c1nc(N)nc(NC(C)CS(C)(=O)=O)n1. The molecule has 1 unspecified atom stereocenters. The first kappa shape index (κ1) is 16.4. The number of nitrogens with two attached hydrogens (primary N) is 1. The maximum atomic E-state index is 11.2. The van der Waals surface area contributed by atoms with Gasteiger partial charge in [-0.25, -0.2) is 8.42 Å². The number of nitrogen functional groups attached to an aromatic ring is 1. The van der Waals surface area contributed by atoms with Gasteiger partial charge in [0.2, 0.25) is 17.8 Å². The summed E-state index contributed by atoms with van der Waals surface area (Å²) in [6, 6.07) is -0.309. The van der Waals surface area contributed by atoms with E-state index in [4.69, 9.17) is 5.73 Å². The Morgan fingerprint density at radius 2 is 1.85 bits per heavy atom. The molecule has 0 bridgehead atoms. The third-order valence-corrected chi connectivity index (χ3v) is 3.72. The molecule has 1 aromatic rings. The van der Waals surface area contributed by atoms with Crippen molar-refractivity contribution in [3.05, 3.63) is 0 Å². The van der Waals surface area contributed by atoms with Crippen LogP contribution in [0, 0.1) is 0 Å². The summed E-state index contributed by atoms with van der Waals surface area (Å²) in [7, 11) is -3.06. The van der Waals surface area contributed by atoms with Gasteiger partial charge >= 0.3 is 0 Å². The fourth-order valence-electron chi connectivity index (χ4n) is 1.81. The largest absolute Gasteiger partial charge is 0.368 e. The molecule has 0 saturated heterocycles. The molecule has 20 heavy (non-hydrogen) atoms. The Labute approximate surface area is 119 Å². The molecule has 9 heteroatoms. The number of hydrogen-bond donors (Lipinski definition) is 2. The average Bonchev–Trinajstić information content (AvgIpc) is 2.26. The molecule has 1 heterocycles. The van der Waals surface area contributed by atoms with Gasteiger partial charge in [0.1, 0.15) is 9.84 Å². The molecule has 1 rings (SSSR count). The Bertz CT molecular complexity index is 544. The van der Waals surface area contributed by atoms with Crippen LogP contribution >= 0.6 is 0 Å². The molecule has 8 nitrogen and oxygen atoms in total. The first-order valence-corrected chi connectivity index (χ1v) is 8.52. The van der Waals surface area contributed by atoms with E-state index in [1.165, 1.54) is 6.26 Å². The Hall–Kier alpha value is -1.64. The highest BCUT2D eigenvalue weighted by Crippen LogP contribution is 2.12. The van der Waals surface area contributed by atoms with Crippen molar-refractivity contribution in [3.63, 3.8) is 0 Å².